The van der Waals surface area contributed by atoms with Gasteiger partial charge in [-0.1, -0.05) is 0 Å². The van der Waals surface area contributed by atoms with Crippen molar-refractivity contribution in [3.8, 4) is 0 Å². The van der Waals surface area contributed by atoms with Crippen LogP contribution in [0, 0.1) is 0 Å². The molecule has 0 aliphatic carbocycles. The highest BCUT2D eigenvalue weighted by Gasteiger charge is 2.41. The fourth-order valence-corrected chi connectivity index (χ4v) is 2.43. The molecule has 3 atom stereocenters. The predicted octanol–water partition coefficient (Wildman–Crippen LogP) is -0.653. The van der Waals surface area contributed by atoms with Gasteiger partial charge in [0, 0.05) is 26.1 Å². The number of amides is 2. The minimum absolute atomic E-state index is 0.0431. The normalized spacial score (nSPS) is 32.7. The van der Waals surface area contributed by atoms with Crippen molar-refractivity contribution < 1.29 is 24.5 Å². The van der Waals surface area contributed by atoms with Crippen LogP contribution in [0.3, 0.4) is 0 Å². The topological polar surface area (TPSA) is 90.3 Å². The number of rotatable bonds is 1. The Morgan fingerprint density at radius 3 is 2.67 bits per heavy atom. The molecule has 0 aromatic carbocycles. The number of hydrogen-bond donors (Lipinski definition) is 2. The van der Waals surface area contributed by atoms with Crippen LogP contribution in [0.15, 0.2) is 0 Å². The van der Waals surface area contributed by atoms with E-state index in [1.54, 1.807) is 4.90 Å². The molecule has 2 fully saturated rings. The minimum Gasteiger partial charge on any atom is -0.480 e. The molecule has 2 aliphatic heterocycles. The number of carboxylic acid groups (broad SMARTS) is 1. The van der Waals surface area contributed by atoms with Crippen LogP contribution in [0.1, 0.15) is 13.3 Å². The molecule has 0 radical (unpaired) electrons. The Balaban J connectivity index is 2.05. The number of carbonyl (C=O) groups excluding carboxylic acids is 1. The highest BCUT2D eigenvalue weighted by molar-refractivity contribution is 5.83. The molecule has 2 aliphatic rings. The molecular formula is C11H18N2O5. The van der Waals surface area contributed by atoms with E-state index in [0.29, 0.717) is 19.7 Å². The smallest absolute Gasteiger partial charge is 0.326 e. The summed E-state index contributed by atoms with van der Waals surface area (Å²) in [6, 6.07) is -1.25. The summed E-state index contributed by atoms with van der Waals surface area (Å²) >= 11 is 0. The van der Waals surface area contributed by atoms with Crippen molar-refractivity contribution in [1.29, 1.82) is 0 Å². The van der Waals surface area contributed by atoms with Gasteiger partial charge >= 0.3 is 12.0 Å². The molecule has 0 saturated carbocycles. The fraction of sp³-hybridized carbons (Fsp3) is 0.818. The largest absolute Gasteiger partial charge is 0.480 e. The van der Waals surface area contributed by atoms with Crippen LogP contribution in [0.2, 0.25) is 0 Å². The third kappa shape index (κ3) is 2.56. The van der Waals surface area contributed by atoms with Crippen LogP contribution in [0.25, 0.3) is 0 Å². The summed E-state index contributed by atoms with van der Waals surface area (Å²) in [6.45, 7) is 3.33. The predicted molar refractivity (Wildman–Crippen MR) is 61.1 cm³/mol. The van der Waals surface area contributed by atoms with Gasteiger partial charge in [-0.25, -0.2) is 9.59 Å². The lowest BCUT2D eigenvalue weighted by Crippen LogP contribution is -2.53. The maximum Gasteiger partial charge on any atom is 0.326 e. The summed E-state index contributed by atoms with van der Waals surface area (Å²) in [5.41, 5.74) is 0. The Hall–Kier alpha value is -1.34. The van der Waals surface area contributed by atoms with Gasteiger partial charge in [-0.05, 0) is 6.92 Å². The number of aliphatic hydroxyl groups excluding tert-OH is 1. The van der Waals surface area contributed by atoms with Gasteiger partial charge in [0.25, 0.3) is 0 Å². The van der Waals surface area contributed by atoms with E-state index in [4.69, 9.17) is 9.84 Å². The molecule has 2 saturated heterocycles. The molecule has 0 aromatic heterocycles. The zero-order valence-corrected chi connectivity index (χ0v) is 10.3. The summed E-state index contributed by atoms with van der Waals surface area (Å²) in [5, 5.41) is 18.6. The van der Waals surface area contributed by atoms with E-state index in [9.17, 15) is 14.7 Å². The number of hydrogen-bond acceptors (Lipinski definition) is 4. The molecule has 0 aromatic rings. The van der Waals surface area contributed by atoms with Gasteiger partial charge in [0.1, 0.15) is 6.04 Å². The molecule has 7 nitrogen and oxygen atoms in total. The average molecular weight is 258 g/mol. The third-order valence-corrected chi connectivity index (χ3v) is 3.32. The van der Waals surface area contributed by atoms with Gasteiger partial charge in [0.2, 0.25) is 0 Å². The van der Waals surface area contributed by atoms with Gasteiger partial charge in [-0.3, -0.25) is 0 Å². The quantitative estimate of drug-likeness (QED) is 0.652. The van der Waals surface area contributed by atoms with Crippen molar-refractivity contribution in [2.24, 2.45) is 0 Å². The number of β-amino-alcohol motifs (C(OH)–C–C–N with tert-alkyl or cyclic N) is 1. The van der Waals surface area contributed by atoms with Crippen LogP contribution in [-0.4, -0.2) is 76.5 Å². The zero-order valence-electron chi connectivity index (χ0n) is 10.3. The first-order valence-electron chi connectivity index (χ1n) is 6.07. The van der Waals surface area contributed by atoms with E-state index in [1.807, 2.05) is 6.92 Å². The first-order valence-corrected chi connectivity index (χ1v) is 6.07. The van der Waals surface area contributed by atoms with Crippen LogP contribution < -0.4 is 0 Å². The number of morpholine rings is 1. The highest BCUT2D eigenvalue weighted by atomic mass is 16.5. The molecular weight excluding hydrogens is 240 g/mol. The summed E-state index contributed by atoms with van der Waals surface area (Å²) in [7, 11) is 0. The first kappa shape index (κ1) is 13.1. The molecule has 2 N–H and O–H groups in total. The number of ether oxygens (including phenoxy) is 1. The molecule has 2 rings (SSSR count). The second-order valence-electron chi connectivity index (χ2n) is 4.81. The molecule has 0 bridgehead atoms. The number of carboxylic acids is 1. The van der Waals surface area contributed by atoms with Crippen LogP contribution >= 0.6 is 0 Å². The van der Waals surface area contributed by atoms with E-state index < -0.39 is 18.1 Å². The Labute approximate surface area is 105 Å². The standard InChI is InChI=1S/C11H18N2O5/c1-7-5-12(2-3-18-7)11(17)13-6-8(14)4-9(13)10(15)16/h7-9,14H,2-6H2,1H3,(H,15,16)/t7?,8-,9-/m0/s1. The first-order chi connectivity index (χ1) is 8.49. The van der Waals surface area contributed by atoms with E-state index in [1.165, 1.54) is 4.90 Å². The van der Waals surface area contributed by atoms with Crippen molar-refractivity contribution >= 4 is 12.0 Å². The van der Waals surface area contributed by atoms with Crippen molar-refractivity contribution in [1.82, 2.24) is 9.80 Å². The Morgan fingerprint density at radius 1 is 1.33 bits per heavy atom. The number of likely N-dealkylation sites (tertiary alicyclic amines) is 1. The summed E-state index contributed by atoms with van der Waals surface area (Å²) in [6.07, 6.45) is -0.701. The van der Waals surface area contributed by atoms with E-state index in [0.717, 1.165) is 0 Å². The average Bonchev–Trinajstić information content (AvgIpc) is 2.70. The maximum absolute atomic E-state index is 12.2. The molecule has 102 valence electrons. The second-order valence-corrected chi connectivity index (χ2v) is 4.81. The van der Waals surface area contributed by atoms with Gasteiger partial charge in [-0.2, -0.15) is 0 Å². The van der Waals surface area contributed by atoms with Crippen molar-refractivity contribution in [3.63, 3.8) is 0 Å². The molecule has 7 heteroatoms. The Bertz CT molecular complexity index is 348. The van der Waals surface area contributed by atoms with Crippen LogP contribution in [0.4, 0.5) is 4.79 Å². The van der Waals surface area contributed by atoms with Gasteiger partial charge in [0.05, 0.1) is 18.8 Å². The molecule has 1 unspecified atom stereocenters. The number of aliphatic carboxylic acids is 1. The highest BCUT2D eigenvalue weighted by Crippen LogP contribution is 2.21. The maximum atomic E-state index is 12.2. The van der Waals surface area contributed by atoms with Crippen LogP contribution in [0.5, 0.6) is 0 Å². The van der Waals surface area contributed by atoms with E-state index in [-0.39, 0.29) is 25.1 Å². The minimum atomic E-state index is -1.07. The fourth-order valence-electron chi connectivity index (χ4n) is 2.43. The zero-order chi connectivity index (χ0) is 13.3. The summed E-state index contributed by atoms with van der Waals surface area (Å²) < 4.78 is 5.34. The van der Waals surface area contributed by atoms with Crippen molar-refractivity contribution in [2.75, 3.05) is 26.2 Å². The third-order valence-electron chi connectivity index (χ3n) is 3.32. The molecule has 0 spiro atoms. The number of urea groups is 1. The van der Waals surface area contributed by atoms with Gasteiger partial charge in [-0.15, -0.1) is 0 Å². The van der Waals surface area contributed by atoms with Crippen molar-refractivity contribution in [3.05, 3.63) is 0 Å². The van der Waals surface area contributed by atoms with E-state index in [2.05, 4.69) is 0 Å². The monoisotopic (exact) mass is 258 g/mol. The van der Waals surface area contributed by atoms with E-state index >= 15 is 0 Å². The van der Waals surface area contributed by atoms with Gasteiger partial charge in [0.15, 0.2) is 0 Å². The second kappa shape index (κ2) is 5.11. The molecule has 2 heterocycles. The number of carbonyl (C=O) groups is 2. The Morgan fingerprint density at radius 2 is 2.06 bits per heavy atom. The van der Waals surface area contributed by atoms with Crippen LogP contribution in [-0.2, 0) is 9.53 Å². The Kier molecular flexibility index (Phi) is 3.72. The van der Waals surface area contributed by atoms with Crippen molar-refractivity contribution in [2.45, 2.75) is 31.6 Å². The lowest BCUT2D eigenvalue weighted by atomic mass is 10.2. The number of aliphatic hydroxyl groups is 1. The summed E-state index contributed by atoms with van der Waals surface area (Å²) in [4.78, 5) is 26.1. The molecule has 18 heavy (non-hydrogen) atoms. The van der Waals surface area contributed by atoms with Gasteiger partial charge < -0.3 is 24.7 Å². The summed E-state index contributed by atoms with van der Waals surface area (Å²) in [5.74, 6) is -1.07. The molecule has 2 amide bonds. The lowest BCUT2D eigenvalue weighted by molar-refractivity contribution is -0.141. The SMILES string of the molecule is CC1CN(C(=O)N2C[C@@H](O)C[C@H]2C(=O)O)CCO1. The lowest BCUT2D eigenvalue weighted by Gasteiger charge is -2.35. The number of nitrogens with zero attached hydrogens (tertiary/aromatic N) is 2.